The molecule has 0 fully saturated rings. The third-order valence-electron chi connectivity index (χ3n) is 3.42. The van der Waals surface area contributed by atoms with Crippen molar-refractivity contribution in [2.24, 2.45) is 0 Å². The van der Waals surface area contributed by atoms with Gasteiger partial charge in [-0.2, -0.15) is 0 Å². The van der Waals surface area contributed by atoms with E-state index in [9.17, 15) is 4.79 Å². The van der Waals surface area contributed by atoms with E-state index in [1.54, 1.807) is 18.4 Å². The summed E-state index contributed by atoms with van der Waals surface area (Å²) in [6.45, 7) is 4.00. The fourth-order valence-corrected chi connectivity index (χ4v) is 4.22. The van der Waals surface area contributed by atoms with E-state index in [0.29, 0.717) is 6.54 Å². The highest BCUT2D eigenvalue weighted by molar-refractivity contribution is 7.16. The third-order valence-corrected chi connectivity index (χ3v) is 5.45. The van der Waals surface area contributed by atoms with E-state index in [1.165, 1.54) is 15.3 Å². The molecule has 1 amide bonds. The summed E-state index contributed by atoms with van der Waals surface area (Å²) in [7, 11) is 1.81. The fourth-order valence-electron chi connectivity index (χ4n) is 2.41. The van der Waals surface area contributed by atoms with Crippen molar-refractivity contribution in [3.8, 4) is 10.6 Å². The Hall–Kier alpha value is -1.24. The normalized spacial score (nSPS) is 14.4. The average molecular weight is 307 g/mol. The number of thiophene rings is 1. The number of nitrogens with zero attached hydrogens (tertiary/aromatic N) is 2. The van der Waals surface area contributed by atoms with Crippen LogP contribution in [0.25, 0.3) is 10.6 Å². The van der Waals surface area contributed by atoms with Gasteiger partial charge >= 0.3 is 0 Å². The maximum absolute atomic E-state index is 11.9. The van der Waals surface area contributed by atoms with Crippen LogP contribution in [0.4, 0.5) is 0 Å². The van der Waals surface area contributed by atoms with Crippen LogP contribution in [-0.2, 0) is 17.8 Å². The molecule has 0 bridgehead atoms. The minimum Gasteiger partial charge on any atom is -0.337 e. The van der Waals surface area contributed by atoms with Crippen molar-refractivity contribution in [1.82, 2.24) is 15.2 Å². The number of hydrogen-bond donors (Lipinski definition) is 1. The summed E-state index contributed by atoms with van der Waals surface area (Å²) < 4.78 is 0. The molecule has 1 N–H and O–H groups in total. The molecular formula is C14H17N3OS2. The predicted molar refractivity (Wildman–Crippen MR) is 83.2 cm³/mol. The van der Waals surface area contributed by atoms with Gasteiger partial charge in [-0.15, -0.1) is 22.7 Å². The maximum atomic E-state index is 11.9. The number of likely N-dealkylation sites (N-methyl/N-ethyl adjacent to an activating group) is 1. The molecule has 2 aromatic rings. The smallest absolute Gasteiger partial charge is 0.236 e. The first-order valence-electron chi connectivity index (χ1n) is 6.64. The van der Waals surface area contributed by atoms with Crippen LogP contribution in [0.3, 0.4) is 0 Å². The molecule has 2 aromatic heterocycles. The zero-order chi connectivity index (χ0) is 14.1. The summed E-state index contributed by atoms with van der Waals surface area (Å²) in [5.41, 5.74) is 2.35. The Labute approximate surface area is 126 Å². The molecule has 0 unspecified atom stereocenters. The Morgan fingerprint density at radius 1 is 1.55 bits per heavy atom. The van der Waals surface area contributed by atoms with Gasteiger partial charge in [0.25, 0.3) is 0 Å². The Kier molecular flexibility index (Phi) is 3.87. The molecule has 0 aromatic carbocycles. The Balaban J connectivity index is 1.81. The second-order valence-electron chi connectivity index (χ2n) is 4.91. The van der Waals surface area contributed by atoms with Crippen LogP contribution >= 0.6 is 22.7 Å². The molecule has 1 aliphatic heterocycles. The van der Waals surface area contributed by atoms with Crippen molar-refractivity contribution < 1.29 is 4.79 Å². The van der Waals surface area contributed by atoms with E-state index in [0.717, 1.165) is 30.2 Å². The van der Waals surface area contributed by atoms with Crippen LogP contribution in [0.5, 0.6) is 0 Å². The number of fused-ring (bicyclic) bond motifs is 1. The number of hydrogen-bond acceptors (Lipinski definition) is 5. The largest absolute Gasteiger partial charge is 0.337 e. The molecule has 0 saturated heterocycles. The van der Waals surface area contributed by atoms with Crippen molar-refractivity contribution in [2.45, 2.75) is 19.9 Å². The monoisotopic (exact) mass is 307 g/mol. The number of aryl methyl sites for hydroxylation is 1. The Morgan fingerprint density at radius 3 is 3.10 bits per heavy atom. The number of carbonyl (C=O) groups is 1. The van der Waals surface area contributed by atoms with Crippen molar-refractivity contribution in [3.63, 3.8) is 0 Å². The molecule has 0 spiro atoms. The van der Waals surface area contributed by atoms with E-state index >= 15 is 0 Å². The standard InChI is InChI=1S/C14H17N3OS2/c1-9-16-11(8-19-9)13-5-10-7-17(14(18)6-15-2)4-3-12(10)20-13/h5,8,15H,3-4,6-7H2,1-2H3. The molecule has 4 nitrogen and oxygen atoms in total. The van der Waals surface area contributed by atoms with Crippen molar-refractivity contribution >= 4 is 28.6 Å². The summed E-state index contributed by atoms with van der Waals surface area (Å²) in [5, 5.41) is 6.13. The lowest BCUT2D eigenvalue weighted by molar-refractivity contribution is -0.131. The summed E-state index contributed by atoms with van der Waals surface area (Å²) in [6, 6.07) is 2.20. The lowest BCUT2D eigenvalue weighted by Crippen LogP contribution is -2.39. The minimum atomic E-state index is 0.176. The van der Waals surface area contributed by atoms with Crippen LogP contribution in [0.2, 0.25) is 0 Å². The van der Waals surface area contributed by atoms with E-state index < -0.39 is 0 Å². The van der Waals surface area contributed by atoms with Crippen LogP contribution in [0.15, 0.2) is 11.4 Å². The summed E-state index contributed by atoms with van der Waals surface area (Å²) in [5.74, 6) is 0.176. The van der Waals surface area contributed by atoms with Gasteiger partial charge in [-0.3, -0.25) is 4.79 Å². The number of aromatic nitrogens is 1. The first-order chi connectivity index (χ1) is 9.67. The highest BCUT2D eigenvalue weighted by Gasteiger charge is 2.23. The van der Waals surface area contributed by atoms with Crippen molar-refractivity contribution in [3.05, 3.63) is 26.9 Å². The zero-order valence-corrected chi connectivity index (χ0v) is 13.2. The molecule has 0 saturated carbocycles. The SMILES string of the molecule is CNCC(=O)N1CCc2sc(-c3csc(C)n3)cc2C1. The van der Waals surface area contributed by atoms with Gasteiger partial charge in [0.1, 0.15) is 0 Å². The van der Waals surface area contributed by atoms with Crippen molar-refractivity contribution in [1.29, 1.82) is 0 Å². The van der Waals surface area contributed by atoms with E-state index in [1.807, 2.05) is 23.2 Å². The number of thiazole rings is 1. The molecule has 0 radical (unpaired) electrons. The highest BCUT2D eigenvalue weighted by atomic mass is 32.1. The molecule has 6 heteroatoms. The van der Waals surface area contributed by atoms with Gasteiger partial charge in [-0.05, 0) is 32.0 Å². The Morgan fingerprint density at radius 2 is 2.40 bits per heavy atom. The van der Waals surface area contributed by atoms with Gasteiger partial charge < -0.3 is 10.2 Å². The van der Waals surface area contributed by atoms with Crippen LogP contribution in [-0.4, -0.2) is 35.9 Å². The predicted octanol–water partition coefficient (Wildman–Crippen LogP) is 2.28. The van der Waals surface area contributed by atoms with Crippen LogP contribution in [0.1, 0.15) is 15.4 Å². The quantitative estimate of drug-likeness (QED) is 0.946. The number of rotatable bonds is 3. The average Bonchev–Trinajstić information content (AvgIpc) is 3.03. The second-order valence-corrected chi connectivity index (χ2v) is 7.11. The highest BCUT2D eigenvalue weighted by Crippen LogP contribution is 2.35. The van der Waals surface area contributed by atoms with Crippen LogP contribution < -0.4 is 5.32 Å². The van der Waals surface area contributed by atoms with E-state index in [-0.39, 0.29) is 5.91 Å². The third kappa shape index (κ3) is 2.63. The number of amides is 1. The van der Waals surface area contributed by atoms with Gasteiger partial charge in [0.15, 0.2) is 0 Å². The summed E-state index contributed by atoms with van der Waals surface area (Å²) in [6.07, 6.45) is 0.957. The topological polar surface area (TPSA) is 45.2 Å². The van der Waals surface area contributed by atoms with Gasteiger partial charge in [0.2, 0.25) is 5.91 Å². The van der Waals surface area contributed by atoms with Gasteiger partial charge in [0, 0.05) is 23.3 Å². The lowest BCUT2D eigenvalue weighted by atomic mass is 10.1. The van der Waals surface area contributed by atoms with Crippen LogP contribution in [0, 0.1) is 6.92 Å². The molecule has 20 heavy (non-hydrogen) atoms. The molecule has 0 aliphatic carbocycles. The van der Waals surface area contributed by atoms with E-state index in [4.69, 9.17) is 0 Å². The molecule has 106 valence electrons. The fraction of sp³-hybridized carbons (Fsp3) is 0.429. The van der Waals surface area contributed by atoms with E-state index in [2.05, 4.69) is 21.7 Å². The maximum Gasteiger partial charge on any atom is 0.236 e. The Bertz CT molecular complexity index is 632. The van der Waals surface area contributed by atoms with Crippen molar-refractivity contribution in [2.75, 3.05) is 20.1 Å². The number of carbonyl (C=O) groups excluding carboxylic acids is 1. The zero-order valence-electron chi connectivity index (χ0n) is 11.6. The summed E-state index contributed by atoms with van der Waals surface area (Å²) >= 11 is 3.50. The van der Waals surface area contributed by atoms with Gasteiger partial charge in [-0.25, -0.2) is 4.98 Å². The lowest BCUT2D eigenvalue weighted by Gasteiger charge is -2.26. The second kappa shape index (κ2) is 5.63. The number of nitrogens with one attached hydrogen (secondary N) is 1. The molecular weight excluding hydrogens is 290 g/mol. The molecule has 3 heterocycles. The summed E-state index contributed by atoms with van der Waals surface area (Å²) in [4.78, 5) is 21.0. The molecule has 1 aliphatic rings. The molecule has 3 rings (SSSR count). The first kappa shape index (κ1) is 13.7. The minimum absolute atomic E-state index is 0.176. The molecule has 0 atom stereocenters. The van der Waals surface area contributed by atoms with Gasteiger partial charge in [-0.1, -0.05) is 0 Å². The van der Waals surface area contributed by atoms with Gasteiger partial charge in [0.05, 0.1) is 22.1 Å². The first-order valence-corrected chi connectivity index (χ1v) is 8.33.